The molecule has 2 aromatic rings. The highest BCUT2D eigenvalue weighted by Crippen LogP contribution is 2.33. The Bertz CT molecular complexity index is 676. The molecule has 0 fully saturated rings. The average Bonchev–Trinajstić information content (AvgIpc) is 2.54. The Morgan fingerprint density at radius 2 is 1.86 bits per heavy atom. The van der Waals surface area contributed by atoms with Gasteiger partial charge in [0.05, 0.1) is 32.0 Å². The zero-order valence-electron chi connectivity index (χ0n) is 12.0. The van der Waals surface area contributed by atoms with Crippen molar-refractivity contribution in [1.82, 2.24) is 9.97 Å². The van der Waals surface area contributed by atoms with Crippen LogP contribution in [0.25, 0.3) is 0 Å². The van der Waals surface area contributed by atoms with Crippen LogP contribution in [-0.2, 0) is 5.60 Å². The molecule has 0 spiro atoms. The maximum Gasteiger partial charge on any atom is 0.242 e. The SMILES string of the molecule is COc1cnc(C(C)(O)c2ccc(C#N)cc2)c(OC)n1. The van der Waals surface area contributed by atoms with Gasteiger partial charge in [-0.3, -0.25) is 0 Å². The van der Waals surface area contributed by atoms with E-state index in [4.69, 9.17) is 14.7 Å². The topological polar surface area (TPSA) is 88.3 Å². The lowest BCUT2D eigenvalue weighted by Crippen LogP contribution is -2.25. The highest BCUT2D eigenvalue weighted by atomic mass is 16.5. The Hall–Kier alpha value is -2.65. The fourth-order valence-corrected chi connectivity index (χ4v) is 1.94. The minimum Gasteiger partial charge on any atom is -0.480 e. The normalized spacial score (nSPS) is 13.1. The van der Waals surface area contributed by atoms with E-state index in [1.807, 2.05) is 6.07 Å². The molecule has 6 nitrogen and oxygen atoms in total. The van der Waals surface area contributed by atoms with Crippen molar-refractivity contribution < 1.29 is 14.6 Å². The van der Waals surface area contributed by atoms with E-state index >= 15 is 0 Å². The summed E-state index contributed by atoms with van der Waals surface area (Å²) in [6.45, 7) is 1.59. The van der Waals surface area contributed by atoms with Crippen LogP contribution in [0.3, 0.4) is 0 Å². The molecule has 6 heteroatoms. The van der Waals surface area contributed by atoms with E-state index in [0.29, 0.717) is 17.0 Å². The Kier molecular flexibility index (Phi) is 4.05. The molecule has 0 radical (unpaired) electrons. The second-order valence-corrected chi connectivity index (χ2v) is 4.53. The monoisotopic (exact) mass is 285 g/mol. The molecular formula is C15H15N3O3. The number of methoxy groups -OCH3 is 2. The van der Waals surface area contributed by atoms with Gasteiger partial charge >= 0.3 is 0 Å². The van der Waals surface area contributed by atoms with Crippen molar-refractivity contribution in [3.05, 3.63) is 47.3 Å². The molecule has 108 valence electrons. The fraction of sp³-hybridized carbons (Fsp3) is 0.267. The molecule has 0 saturated heterocycles. The highest BCUT2D eigenvalue weighted by Gasteiger charge is 2.32. The standard InChI is InChI=1S/C15H15N3O3/c1-15(19,11-6-4-10(8-16)5-7-11)13-14(21-3)18-12(20-2)9-17-13/h4-7,9,19H,1-3H3. The van der Waals surface area contributed by atoms with Crippen molar-refractivity contribution in [2.45, 2.75) is 12.5 Å². The first-order valence-corrected chi connectivity index (χ1v) is 6.21. The molecule has 1 aromatic carbocycles. The molecule has 2 rings (SSSR count). The van der Waals surface area contributed by atoms with E-state index in [1.165, 1.54) is 20.4 Å². The largest absolute Gasteiger partial charge is 0.480 e. The van der Waals surface area contributed by atoms with Crippen molar-refractivity contribution in [2.75, 3.05) is 14.2 Å². The number of benzene rings is 1. The average molecular weight is 285 g/mol. The van der Waals surface area contributed by atoms with Crippen LogP contribution in [0.4, 0.5) is 0 Å². The molecular weight excluding hydrogens is 270 g/mol. The molecule has 0 aliphatic carbocycles. The summed E-state index contributed by atoms with van der Waals surface area (Å²) in [6.07, 6.45) is 1.41. The van der Waals surface area contributed by atoms with E-state index < -0.39 is 5.60 Å². The van der Waals surface area contributed by atoms with E-state index in [9.17, 15) is 5.11 Å². The van der Waals surface area contributed by atoms with E-state index in [-0.39, 0.29) is 11.6 Å². The van der Waals surface area contributed by atoms with Crippen LogP contribution in [-0.4, -0.2) is 29.3 Å². The third kappa shape index (κ3) is 2.78. The van der Waals surface area contributed by atoms with Gasteiger partial charge in [-0.15, -0.1) is 0 Å². The third-order valence-electron chi connectivity index (χ3n) is 3.16. The van der Waals surface area contributed by atoms with Crippen molar-refractivity contribution in [1.29, 1.82) is 5.26 Å². The Labute approximate surface area is 122 Å². The smallest absolute Gasteiger partial charge is 0.242 e. The summed E-state index contributed by atoms with van der Waals surface area (Å²) in [7, 11) is 2.92. The summed E-state index contributed by atoms with van der Waals surface area (Å²) in [5.74, 6) is 0.481. The second-order valence-electron chi connectivity index (χ2n) is 4.53. The van der Waals surface area contributed by atoms with Gasteiger partial charge in [0.25, 0.3) is 0 Å². The van der Waals surface area contributed by atoms with Gasteiger partial charge in [0.2, 0.25) is 11.8 Å². The number of aliphatic hydroxyl groups is 1. The fourth-order valence-electron chi connectivity index (χ4n) is 1.94. The number of nitriles is 1. The van der Waals surface area contributed by atoms with Gasteiger partial charge in [0.1, 0.15) is 11.3 Å². The van der Waals surface area contributed by atoms with Crippen LogP contribution in [0, 0.1) is 11.3 Å². The van der Waals surface area contributed by atoms with Gasteiger partial charge in [-0.2, -0.15) is 10.2 Å². The third-order valence-corrected chi connectivity index (χ3v) is 3.16. The molecule has 1 atom stereocenters. The summed E-state index contributed by atoms with van der Waals surface area (Å²) in [5.41, 5.74) is -0.0318. The summed E-state index contributed by atoms with van der Waals surface area (Å²) in [6, 6.07) is 8.64. The molecule has 0 saturated carbocycles. The predicted molar refractivity (Wildman–Crippen MR) is 75.0 cm³/mol. The van der Waals surface area contributed by atoms with Crippen LogP contribution in [0.5, 0.6) is 11.8 Å². The number of nitrogens with zero attached hydrogens (tertiary/aromatic N) is 3. The zero-order chi connectivity index (χ0) is 15.5. The minimum atomic E-state index is -1.40. The minimum absolute atomic E-state index is 0.184. The summed E-state index contributed by atoms with van der Waals surface area (Å²) >= 11 is 0. The lowest BCUT2D eigenvalue weighted by Gasteiger charge is -2.24. The Morgan fingerprint density at radius 1 is 1.19 bits per heavy atom. The molecule has 1 unspecified atom stereocenters. The quantitative estimate of drug-likeness (QED) is 0.918. The first kappa shape index (κ1) is 14.8. The lowest BCUT2D eigenvalue weighted by molar-refractivity contribution is 0.0926. The number of hydrogen-bond donors (Lipinski definition) is 1. The Morgan fingerprint density at radius 3 is 2.38 bits per heavy atom. The van der Waals surface area contributed by atoms with E-state index in [2.05, 4.69) is 9.97 Å². The molecule has 1 aromatic heterocycles. The predicted octanol–water partition coefficient (Wildman–Crippen LogP) is 1.62. The molecule has 1 heterocycles. The number of hydrogen-bond acceptors (Lipinski definition) is 6. The number of rotatable bonds is 4. The maximum absolute atomic E-state index is 10.8. The van der Waals surface area contributed by atoms with Gasteiger partial charge in [0, 0.05) is 0 Å². The van der Waals surface area contributed by atoms with Crippen molar-refractivity contribution in [3.63, 3.8) is 0 Å². The molecule has 0 aliphatic rings. The van der Waals surface area contributed by atoms with Crippen LogP contribution >= 0.6 is 0 Å². The van der Waals surface area contributed by atoms with Gasteiger partial charge in [-0.1, -0.05) is 12.1 Å². The number of ether oxygens (including phenoxy) is 2. The lowest BCUT2D eigenvalue weighted by atomic mass is 9.91. The highest BCUT2D eigenvalue weighted by molar-refractivity contribution is 5.40. The van der Waals surface area contributed by atoms with E-state index in [1.54, 1.807) is 31.2 Å². The molecule has 1 N–H and O–H groups in total. The van der Waals surface area contributed by atoms with Crippen molar-refractivity contribution in [2.24, 2.45) is 0 Å². The Balaban J connectivity index is 2.49. The maximum atomic E-state index is 10.8. The molecule has 21 heavy (non-hydrogen) atoms. The van der Waals surface area contributed by atoms with Crippen molar-refractivity contribution >= 4 is 0 Å². The first-order chi connectivity index (χ1) is 10.0. The zero-order valence-corrected chi connectivity index (χ0v) is 12.0. The van der Waals surface area contributed by atoms with Crippen LogP contribution in [0.15, 0.2) is 30.5 Å². The van der Waals surface area contributed by atoms with Gasteiger partial charge in [-0.25, -0.2) is 4.98 Å². The van der Waals surface area contributed by atoms with Crippen molar-refractivity contribution in [3.8, 4) is 17.8 Å². The first-order valence-electron chi connectivity index (χ1n) is 6.21. The van der Waals surface area contributed by atoms with Gasteiger partial charge < -0.3 is 14.6 Å². The summed E-state index contributed by atoms with van der Waals surface area (Å²) in [4.78, 5) is 8.30. The van der Waals surface area contributed by atoms with Gasteiger partial charge in [-0.05, 0) is 24.6 Å². The molecule has 0 amide bonds. The summed E-state index contributed by atoms with van der Waals surface area (Å²) in [5, 5.41) is 19.6. The number of aromatic nitrogens is 2. The summed E-state index contributed by atoms with van der Waals surface area (Å²) < 4.78 is 10.2. The molecule has 0 aliphatic heterocycles. The van der Waals surface area contributed by atoms with E-state index in [0.717, 1.165) is 0 Å². The molecule has 0 bridgehead atoms. The second kappa shape index (κ2) is 5.77. The van der Waals surface area contributed by atoms with Crippen LogP contribution in [0.2, 0.25) is 0 Å². The van der Waals surface area contributed by atoms with Crippen LogP contribution < -0.4 is 9.47 Å². The van der Waals surface area contributed by atoms with Crippen LogP contribution in [0.1, 0.15) is 23.7 Å². The van der Waals surface area contributed by atoms with Gasteiger partial charge in [0.15, 0.2) is 0 Å².